The van der Waals surface area contributed by atoms with Gasteiger partial charge in [0.2, 0.25) is 0 Å². The summed E-state index contributed by atoms with van der Waals surface area (Å²) in [5, 5.41) is 7.31. The number of aromatic nitrogens is 2. The van der Waals surface area contributed by atoms with Crippen molar-refractivity contribution in [1.82, 2.24) is 14.7 Å². The van der Waals surface area contributed by atoms with E-state index in [9.17, 15) is 4.79 Å². The van der Waals surface area contributed by atoms with Gasteiger partial charge >= 0.3 is 0 Å². The lowest BCUT2D eigenvalue weighted by molar-refractivity contribution is 0.0827. The van der Waals surface area contributed by atoms with Crippen LogP contribution in [0.5, 0.6) is 0 Å². The van der Waals surface area contributed by atoms with E-state index in [1.54, 1.807) is 37.0 Å². The van der Waals surface area contributed by atoms with Crippen molar-refractivity contribution in [2.24, 2.45) is 7.05 Å². The Balaban J connectivity index is 2.29. The minimum Gasteiger partial charge on any atom is -0.397 e. The van der Waals surface area contributed by atoms with Gasteiger partial charge in [-0.05, 0) is 18.2 Å². The lowest BCUT2D eigenvalue weighted by Gasteiger charge is -2.13. The molecule has 100 valence electrons. The van der Waals surface area contributed by atoms with Gasteiger partial charge in [-0.3, -0.25) is 9.48 Å². The highest BCUT2D eigenvalue weighted by atomic mass is 16.2. The molecule has 6 nitrogen and oxygen atoms in total. The third-order valence-corrected chi connectivity index (χ3v) is 2.68. The molecule has 0 saturated carbocycles. The monoisotopic (exact) mass is 259 g/mol. The molecular weight excluding hydrogens is 242 g/mol. The Labute approximate surface area is 111 Å². The molecule has 2 aromatic rings. The Morgan fingerprint density at radius 2 is 2.11 bits per heavy atom. The Kier molecular flexibility index (Phi) is 3.41. The van der Waals surface area contributed by atoms with Crippen LogP contribution < -0.4 is 11.1 Å². The van der Waals surface area contributed by atoms with Gasteiger partial charge in [-0.2, -0.15) is 5.10 Å². The van der Waals surface area contributed by atoms with Gasteiger partial charge in [0.15, 0.2) is 5.82 Å². The SMILES string of the molecule is CN(C)C(=O)c1ccc(N)c(Nc2ccn(C)n2)c1. The number of rotatable bonds is 3. The average molecular weight is 259 g/mol. The molecule has 0 radical (unpaired) electrons. The summed E-state index contributed by atoms with van der Waals surface area (Å²) in [4.78, 5) is 13.4. The van der Waals surface area contributed by atoms with Crippen LogP contribution in [0.3, 0.4) is 0 Å². The first-order valence-electron chi connectivity index (χ1n) is 5.85. The summed E-state index contributed by atoms with van der Waals surface area (Å²) in [6, 6.07) is 6.98. The number of aryl methyl sites for hydroxylation is 1. The first-order chi connectivity index (χ1) is 8.97. The number of carbonyl (C=O) groups is 1. The van der Waals surface area contributed by atoms with Crippen molar-refractivity contribution < 1.29 is 4.79 Å². The standard InChI is InChI=1S/C13H17N5O/c1-17(2)13(19)9-4-5-10(14)11(8-9)15-12-6-7-18(3)16-12/h4-8H,14H2,1-3H3,(H,15,16). The lowest BCUT2D eigenvalue weighted by atomic mass is 10.1. The first-order valence-corrected chi connectivity index (χ1v) is 5.85. The van der Waals surface area contributed by atoms with Crippen molar-refractivity contribution in [1.29, 1.82) is 0 Å². The summed E-state index contributed by atoms with van der Waals surface area (Å²) in [6.07, 6.45) is 1.83. The van der Waals surface area contributed by atoms with Gasteiger partial charge in [0.1, 0.15) is 0 Å². The van der Waals surface area contributed by atoms with Gasteiger partial charge in [0.05, 0.1) is 11.4 Å². The van der Waals surface area contributed by atoms with E-state index in [4.69, 9.17) is 5.73 Å². The molecule has 0 fully saturated rings. The zero-order valence-electron chi connectivity index (χ0n) is 11.2. The van der Waals surface area contributed by atoms with Gasteiger partial charge < -0.3 is 16.0 Å². The molecule has 2 rings (SSSR count). The van der Waals surface area contributed by atoms with Gasteiger partial charge in [-0.25, -0.2) is 0 Å². The van der Waals surface area contributed by atoms with Crippen LogP contribution in [0.1, 0.15) is 10.4 Å². The van der Waals surface area contributed by atoms with Gasteiger partial charge in [0, 0.05) is 39.0 Å². The second-order valence-electron chi connectivity index (χ2n) is 4.50. The van der Waals surface area contributed by atoms with Gasteiger partial charge in [-0.1, -0.05) is 0 Å². The Morgan fingerprint density at radius 3 is 2.68 bits per heavy atom. The summed E-state index contributed by atoms with van der Waals surface area (Å²) in [7, 11) is 5.26. The number of amides is 1. The predicted octanol–water partition coefficient (Wildman–Crippen LogP) is 1.45. The van der Waals surface area contributed by atoms with E-state index < -0.39 is 0 Å². The van der Waals surface area contributed by atoms with E-state index in [2.05, 4.69) is 10.4 Å². The van der Waals surface area contributed by atoms with Crippen molar-refractivity contribution in [3.8, 4) is 0 Å². The molecule has 0 unspecified atom stereocenters. The molecule has 1 amide bonds. The van der Waals surface area contributed by atoms with E-state index in [1.807, 2.05) is 19.3 Å². The maximum absolute atomic E-state index is 11.9. The highest BCUT2D eigenvalue weighted by Gasteiger charge is 2.10. The van der Waals surface area contributed by atoms with E-state index in [-0.39, 0.29) is 5.91 Å². The van der Waals surface area contributed by atoms with Crippen LogP contribution in [-0.2, 0) is 7.05 Å². The van der Waals surface area contributed by atoms with Crippen molar-refractivity contribution in [2.75, 3.05) is 25.1 Å². The number of nitrogen functional groups attached to an aromatic ring is 1. The van der Waals surface area contributed by atoms with E-state index in [0.717, 1.165) is 0 Å². The predicted molar refractivity (Wildman–Crippen MR) is 75.4 cm³/mol. The molecule has 0 atom stereocenters. The van der Waals surface area contributed by atoms with Crippen molar-refractivity contribution in [3.63, 3.8) is 0 Å². The molecule has 0 spiro atoms. The number of nitrogens with one attached hydrogen (secondary N) is 1. The summed E-state index contributed by atoms with van der Waals surface area (Å²) in [6.45, 7) is 0. The quantitative estimate of drug-likeness (QED) is 0.818. The molecule has 0 aliphatic heterocycles. The normalized spacial score (nSPS) is 10.3. The zero-order valence-corrected chi connectivity index (χ0v) is 11.2. The third-order valence-electron chi connectivity index (χ3n) is 2.68. The minimum atomic E-state index is -0.0657. The maximum Gasteiger partial charge on any atom is 0.253 e. The molecule has 0 aliphatic carbocycles. The molecule has 1 aromatic heterocycles. The Bertz CT molecular complexity index is 603. The smallest absolute Gasteiger partial charge is 0.253 e. The summed E-state index contributed by atoms with van der Waals surface area (Å²) >= 11 is 0. The minimum absolute atomic E-state index is 0.0657. The molecular formula is C13H17N5O. The number of hydrogen-bond donors (Lipinski definition) is 2. The molecule has 1 aromatic carbocycles. The van der Waals surface area contributed by atoms with Crippen LogP contribution in [0.4, 0.5) is 17.2 Å². The highest BCUT2D eigenvalue weighted by Crippen LogP contribution is 2.23. The number of nitrogens with zero attached hydrogens (tertiary/aromatic N) is 3. The molecule has 19 heavy (non-hydrogen) atoms. The average Bonchev–Trinajstić information content (AvgIpc) is 2.76. The number of anilines is 3. The lowest BCUT2D eigenvalue weighted by Crippen LogP contribution is -2.21. The van der Waals surface area contributed by atoms with Crippen LogP contribution in [-0.4, -0.2) is 34.7 Å². The number of hydrogen-bond acceptors (Lipinski definition) is 4. The van der Waals surface area contributed by atoms with Crippen LogP contribution >= 0.6 is 0 Å². The van der Waals surface area contributed by atoms with Crippen LogP contribution in [0.15, 0.2) is 30.5 Å². The maximum atomic E-state index is 11.9. The fourth-order valence-electron chi connectivity index (χ4n) is 1.68. The molecule has 0 bridgehead atoms. The number of benzene rings is 1. The summed E-state index contributed by atoms with van der Waals surface area (Å²) in [5.41, 5.74) is 7.72. The Hall–Kier alpha value is -2.50. The van der Waals surface area contributed by atoms with Crippen LogP contribution in [0.25, 0.3) is 0 Å². The van der Waals surface area contributed by atoms with Gasteiger partial charge in [0.25, 0.3) is 5.91 Å². The van der Waals surface area contributed by atoms with Crippen LogP contribution in [0, 0.1) is 0 Å². The first kappa shape index (κ1) is 12.9. The third kappa shape index (κ3) is 2.85. The Morgan fingerprint density at radius 1 is 1.37 bits per heavy atom. The van der Waals surface area contributed by atoms with Crippen molar-refractivity contribution >= 4 is 23.1 Å². The molecule has 0 aliphatic rings. The fourth-order valence-corrected chi connectivity index (χ4v) is 1.68. The van der Waals surface area contributed by atoms with Crippen LogP contribution in [0.2, 0.25) is 0 Å². The second kappa shape index (κ2) is 5.01. The van der Waals surface area contributed by atoms with Crippen molar-refractivity contribution in [3.05, 3.63) is 36.0 Å². The fraction of sp³-hybridized carbons (Fsp3) is 0.231. The molecule has 6 heteroatoms. The topological polar surface area (TPSA) is 76.2 Å². The zero-order chi connectivity index (χ0) is 14.0. The van der Waals surface area contributed by atoms with E-state index in [0.29, 0.717) is 22.8 Å². The number of carbonyl (C=O) groups excluding carboxylic acids is 1. The van der Waals surface area contributed by atoms with E-state index in [1.165, 1.54) is 4.90 Å². The molecule has 0 saturated heterocycles. The van der Waals surface area contributed by atoms with Gasteiger partial charge in [-0.15, -0.1) is 0 Å². The van der Waals surface area contributed by atoms with Crippen molar-refractivity contribution in [2.45, 2.75) is 0 Å². The van der Waals surface area contributed by atoms with E-state index >= 15 is 0 Å². The molecule has 3 N–H and O–H groups in total. The largest absolute Gasteiger partial charge is 0.397 e. The second-order valence-corrected chi connectivity index (χ2v) is 4.50. The molecule has 1 heterocycles. The highest BCUT2D eigenvalue weighted by molar-refractivity contribution is 5.96. The summed E-state index contributed by atoms with van der Waals surface area (Å²) in [5.74, 6) is 0.618. The number of nitrogens with two attached hydrogens (primary N) is 1. The summed E-state index contributed by atoms with van der Waals surface area (Å²) < 4.78 is 1.69.